The zero-order valence-electron chi connectivity index (χ0n) is 13.2. The first kappa shape index (κ1) is 16.9. The number of ether oxygens (including phenoxy) is 2. The molecule has 8 heteroatoms. The van der Waals surface area contributed by atoms with Crippen LogP contribution in [0.25, 0.3) is 5.69 Å². The lowest BCUT2D eigenvalue weighted by Gasteiger charge is -2.20. The van der Waals surface area contributed by atoms with Crippen molar-refractivity contribution in [1.29, 1.82) is 0 Å². The van der Waals surface area contributed by atoms with E-state index in [0.29, 0.717) is 32.0 Å². The van der Waals surface area contributed by atoms with E-state index in [0.717, 1.165) is 4.68 Å². The Kier molecular flexibility index (Phi) is 6.07. The third-order valence-corrected chi connectivity index (χ3v) is 3.24. The number of para-hydroxylation sites is 1. The molecule has 0 saturated carbocycles. The number of rotatable bonds is 8. The van der Waals surface area contributed by atoms with E-state index in [1.165, 1.54) is 4.90 Å². The van der Waals surface area contributed by atoms with Crippen molar-refractivity contribution in [2.24, 2.45) is 0 Å². The molecule has 0 spiro atoms. The van der Waals surface area contributed by atoms with Gasteiger partial charge in [-0.15, -0.1) is 5.10 Å². The molecule has 1 aromatic carbocycles. The van der Waals surface area contributed by atoms with Gasteiger partial charge in [-0.2, -0.15) is 4.68 Å². The number of methoxy groups -OCH3 is 2. The molecule has 0 fully saturated rings. The highest BCUT2D eigenvalue weighted by Gasteiger charge is 2.20. The monoisotopic (exact) mass is 320 g/mol. The minimum atomic E-state index is -0.460. The molecule has 124 valence electrons. The first-order chi connectivity index (χ1) is 11.2. The molecular formula is C15H20N4O4. The average Bonchev–Trinajstić information content (AvgIpc) is 2.97. The van der Waals surface area contributed by atoms with Crippen molar-refractivity contribution < 1.29 is 14.3 Å². The van der Waals surface area contributed by atoms with Crippen LogP contribution >= 0.6 is 0 Å². The lowest BCUT2D eigenvalue weighted by molar-refractivity contribution is 0.0616. The molecule has 0 bridgehead atoms. The van der Waals surface area contributed by atoms with Crippen LogP contribution in [0.15, 0.2) is 35.1 Å². The number of nitrogens with zero attached hydrogens (tertiary/aromatic N) is 3. The third kappa shape index (κ3) is 4.27. The molecule has 2 rings (SSSR count). The van der Waals surface area contributed by atoms with Gasteiger partial charge in [0.25, 0.3) is 5.91 Å². The van der Waals surface area contributed by atoms with Gasteiger partial charge < -0.3 is 14.4 Å². The number of carbonyl (C=O) groups is 1. The van der Waals surface area contributed by atoms with Crippen LogP contribution in [0.4, 0.5) is 0 Å². The van der Waals surface area contributed by atoms with E-state index in [-0.39, 0.29) is 11.7 Å². The minimum Gasteiger partial charge on any atom is -0.383 e. The smallest absolute Gasteiger partial charge is 0.348 e. The van der Waals surface area contributed by atoms with E-state index in [2.05, 4.69) is 10.1 Å². The van der Waals surface area contributed by atoms with Gasteiger partial charge in [-0.05, 0) is 12.1 Å². The van der Waals surface area contributed by atoms with Crippen LogP contribution < -0.4 is 5.69 Å². The zero-order chi connectivity index (χ0) is 16.7. The normalized spacial score (nSPS) is 10.7. The van der Waals surface area contributed by atoms with Crippen LogP contribution in [0.2, 0.25) is 0 Å². The van der Waals surface area contributed by atoms with Gasteiger partial charge in [0.05, 0.1) is 18.9 Å². The van der Waals surface area contributed by atoms with Gasteiger partial charge in [-0.3, -0.25) is 9.78 Å². The fourth-order valence-corrected chi connectivity index (χ4v) is 2.03. The summed E-state index contributed by atoms with van der Waals surface area (Å²) in [5.41, 5.74) is 0.131. The number of amides is 1. The SMILES string of the molecule is COCCN(CCOC)C(=O)c1nn(-c2ccccc2)c(=O)[nH]1. The summed E-state index contributed by atoms with van der Waals surface area (Å²) < 4.78 is 11.2. The van der Waals surface area contributed by atoms with E-state index in [1.54, 1.807) is 38.5 Å². The second-order valence-electron chi connectivity index (χ2n) is 4.80. The number of H-pyrrole nitrogens is 1. The van der Waals surface area contributed by atoms with E-state index in [9.17, 15) is 9.59 Å². The van der Waals surface area contributed by atoms with Crippen molar-refractivity contribution in [3.8, 4) is 5.69 Å². The lowest BCUT2D eigenvalue weighted by Crippen LogP contribution is -2.37. The van der Waals surface area contributed by atoms with Crippen molar-refractivity contribution in [2.45, 2.75) is 0 Å². The van der Waals surface area contributed by atoms with E-state index in [1.807, 2.05) is 6.07 Å². The van der Waals surface area contributed by atoms with E-state index in [4.69, 9.17) is 9.47 Å². The van der Waals surface area contributed by atoms with Crippen molar-refractivity contribution in [1.82, 2.24) is 19.7 Å². The Morgan fingerprint density at radius 1 is 1.17 bits per heavy atom. The number of aromatic amines is 1. The maximum atomic E-state index is 12.5. The summed E-state index contributed by atoms with van der Waals surface area (Å²) in [7, 11) is 3.12. The summed E-state index contributed by atoms with van der Waals surface area (Å²) in [5, 5.41) is 4.09. The van der Waals surface area contributed by atoms with Gasteiger partial charge in [-0.25, -0.2) is 4.79 Å². The molecule has 0 aliphatic heterocycles. The molecule has 1 N–H and O–H groups in total. The number of carbonyl (C=O) groups excluding carboxylic acids is 1. The first-order valence-corrected chi connectivity index (χ1v) is 7.19. The molecule has 0 aliphatic carbocycles. The molecule has 0 saturated heterocycles. The second-order valence-corrected chi connectivity index (χ2v) is 4.80. The maximum absolute atomic E-state index is 12.5. The summed E-state index contributed by atoms with van der Waals surface area (Å²) in [6.45, 7) is 1.55. The van der Waals surface area contributed by atoms with Crippen LogP contribution in [-0.4, -0.2) is 66.1 Å². The quantitative estimate of drug-likeness (QED) is 0.755. The molecule has 0 atom stereocenters. The Balaban J connectivity index is 2.22. The first-order valence-electron chi connectivity index (χ1n) is 7.19. The number of aromatic nitrogens is 3. The molecular weight excluding hydrogens is 300 g/mol. The molecule has 1 amide bonds. The molecule has 1 heterocycles. The van der Waals surface area contributed by atoms with Crippen LogP contribution in [-0.2, 0) is 9.47 Å². The summed E-state index contributed by atoms with van der Waals surface area (Å²) in [4.78, 5) is 28.6. The second kappa shape index (κ2) is 8.25. The summed E-state index contributed by atoms with van der Waals surface area (Å²) in [6.07, 6.45) is 0. The van der Waals surface area contributed by atoms with Crippen LogP contribution in [0, 0.1) is 0 Å². The van der Waals surface area contributed by atoms with Crippen molar-refractivity contribution in [2.75, 3.05) is 40.5 Å². The fourth-order valence-electron chi connectivity index (χ4n) is 2.03. The van der Waals surface area contributed by atoms with Crippen LogP contribution in [0.3, 0.4) is 0 Å². The minimum absolute atomic E-state index is 0.00828. The van der Waals surface area contributed by atoms with Gasteiger partial charge in [0.15, 0.2) is 0 Å². The van der Waals surface area contributed by atoms with Crippen molar-refractivity contribution in [3.63, 3.8) is 0 Å². The van der Waals surface area contributed by atoms with Gasteiger partial charge >= 0.3 is 5.69 Å². The molecule has 0 radical (unpaired) electrons. The molecule has 2 aromatic rings. The highest BCUT2D eigenvalue weighted by Crippen LogP contribution is 2.04. The van der Waals surface area contributed by atoms with E-state index < -0.39 is 5.69 Å². The van der Waals surface area contributed by atoms with Crippen LogP contribution in [0.1, 0.15) is 10.6 Å². The van der Waals surface area contributed by atoms with Gasteiger partial charge in [0.1, 0.15) is 0 Å². The maximum Gasteiger partial charge on any atom is 0.348 e. The lowest BCUT2D eigenvalue weighted by atomic mass is 10.3. The zero-order valence-corrected chi connectivity index (χ0v) is 13.2. The topological polar surface area (TPSA) is 89.4 Å². The Hall–Kier alpha value is -2.45. The molecule has 8 nitrogen and oxygen atoms in total. The summed E-state index contributed by atoms with van der Waals surface area (Å²) in [6, 6.07) is 8.90. The number of benzene rings is 1. The predicted molar refractivity (Wildman–Crippen MR) is 83.8 cm³/mol. The Labute approximate surface area is 133 Å². The number of hydrogen-bond donors (Lipinski definition) is 1. The van der Waals surface area contributed by atoms with Crippen molar-refractivity contribution in [3.05, 3.63) is 46.6 Å². The largest absolute Gasteiger partial charge is 0.383 e. The predicted octanol–water partition coefficient (Wildman–Crippen LogP) is 0.296. The Morgan fingerprint density at radius 2 is 1.78 bits per heavy atom. The van der Waals surface area contributed by atoms with Gasteiger partial charge in [0, 0.05) is 27.3 Å². The molecule has 0 aliphatic rings. The van der Waals surface area contributed by atoms with Crippen molar-refractivity contribution >= 4 is 5.91 Å². The highest BCUT2D eigenvalue weighted by atomic mass is 16.5. The highest BCUT2D eigenvalue weighted by molar-refractivity contribution is 5.90. The molecule has 23 heavy (non-hydrogen) atoms. The van der Waals surface area contributed by atoms with Gasteiger partial charge in [-0.1, -0.05) is 18.2 Å². The Bertz CT molecular complexity index is 672. The fraction of sp³-hybridized carbons (Fsp3) is 0.400. The molecule has 1 aromatic heterocycles. The number of nitrogens with one attached hydrogen (secondary N) is 1. The number of hydrogen-bond acceptors (Lipinski definition) is 5. The summed E-state index contributed by atoms with van der Waals surface area (Å²) in [5.74, 6) is -0.378. The summed E-state index contributed by atoms with van der Waals surface area (Å²) >= 11 is 0. The average molecular weight is 320 g/mol. The van der Waals surface area contributed by atoms with Gasteiger partial charge in [0.2, 0.25) is 5.82 Å². The van der Waals surface area contributed by atoms with Crippen LogP contribution in [0.5, 0.6) is 0 Å². The third-order valence-electron chi connectivity index (χ3n) is 3.24. The Morgan fingerprint density at radius 3 is 2.35 bits per heavy atom. The van der Waals surface area contributed by atoms with E-state index >= 15 is 0 Å². The molecule has 0 unspecified atom stereocenters. The standard InChI is InChI=1S/C15H20N4O4/c1-22-10-8-18(9-11-23-2)14(20)13-16-15(21)19(17-13)12-6-4-3-5-7-12/h3-7H,8-11H2,1-2H3,(H,16,17,21).